The summed E-state index contributed by atoms with van der Waals surface area (Å²) < 4.78 is 0. The molecule has 1 saturated heterocycles. The van der Waals surface area contributed by atoms with E-state index in [1.165, 1.54) is 45.2 Å². The van der Waals surface area contributed by atoms with Crippen molar-refractivity contribution < 1.29 is 0 Å². The summed E-state index contributed by atoms with van der Waals surface area (Å²) in [7, 11) is 1.87. The van der Waals surface area contributed by atoms with Gasteiger partial charge in [0.1, 0.15) is 0 Å². The van der Waals surface area contributed by atoms with E-state index in [1.54, 1.807) is 0 Å². The minimum Gasteiger partial charge on any atom is -0.355 e. The van der Waals surface area contributed by atoms with Gasteiger partial charge in [0, 0.05) is 25.7 Å². The molecule has 0 radical (unpaired) electrons. The molecule has 1 saturated carbocycles. The first kappa shape index (κ1) is 16.6. The lowest BCUT2D eigenvalue weighted by molar-refractivity contribution is 0.161. The highest BCUT2D eigenvalue weighted by Gasteiger charge is 2.33. The van der Waals surface area contributed by atoms with Crippen molar-refractivity contribution in [3.8, 4) is 0 Å². The van der Waals surface area contributed by atoms with Crippen LogP contribution in [0.2, 0.25) is 0 Å². The Kier molecular flexibility index (Phi) is 6.34. The smallest absolute Gasteiger partial charge is 0.191 e. The molecule has 4 heteroatoms. The van der Waals surface area contributed by atoms with Crippen LogP contribution >= 0.6 is 0 Å². The lowest BCUT2D eigenvalue weighted by atomic mass is 10.0. The van der Waals surface area contributed by atoms with Crippen LogP contribution in [0.5, 0.6) is 0 Å². The summed E-state index contributed by atoms with van der Waals surface area (Å²) in [6.07, 6.45) is 6.79. The van der Waals surface area contributed by atoms with E-state index in [0.717, 1.165) is 18.4 Å². The molecule has 122 valence electrons. The Labute approximate surface area is 130 Å². The average Bonchev–Trinajstić information content (AvgIpc) is 3.20. The van der Waals surface area contributed by atoms with E-state index in [9.17, 15) is 0 Å². The van der Waals surface area contributed by atoms with Crippen molar-refractivity contribution in [3.05, 3.63) is 0 Å². The molecule has 1 aliphatic heterocycles. The Morgan fingerprint density at radius 1 is 1.19 bits per heavy atom. The molecule has 0 amide bonds. The first-order valence-electron chi connectivity index (χ1n) is 8.83. The first-order valence-corrected chi connectivity index (χ1v) is 8.83. The van der Waals surface area contributed by atoms with Gasteiger partial charge in [-0.05, 0) is 44.2 Å². The molecule has 3 atom stereocenters. The maximum absolute atomic E-state index is 4.37. The Morgan fingerprint density at radius 2 is 1.81 bits per heavy atom. The van der Waals surface area contributed by atoms with Crippen LogP contribution in [0.25, 0.3) is 0 Å². The van der Waals surface area contributed by atoms with Gasteiger partial charge < -0.3 is 10.6 Å². The second kappa shape index (κ2) is 8.02. The van der Waals surface area contributed by atoms with Crippen molar-refractivity contribution in [1.82, 2.24) is 15.5 Å². The molecule has 0 spiro atoms. The molecule has 2 N–H and O–H groups in total. The molecule has 2 aliphatic rings. The molecule has 1 aliphatic carbocycles. The standard InChI is InChI=1S/C17H34N4/c1-13(2)16(21-9-7-5-6-8-10-21)12-19-17(18-4)20-15-11-14(15)3/h13-16H,5-12H2,1-4H3,(H2,18,19,20). The van der Waals surface area contributed by atoms with Gasteiger partial charge in [-0.2, -0.15) is 0 Å². The van der Waals surface area contributed by atoms with Crippen LogP contribution in [-0.2, 0) is 0 Å². The van der Waals surface area contributed by atoms with Gasteiger partial charge in [-0.3, -0.25) is 9.89 Å². The lowest BCUT2D eigenvalue weighted by Crippen LogP contribution is -2.50. The molecule has 21 heavy (non-hydrogen) atoms. The number of guanidine groups is 1. The van der Waals surface area contributed by atoms with Gasteiger partial charge in [-0.1, -0.05) is 33.6 Å². The van der Waals surface area contributed by atoms with Crippen LogP contribution in [0.15, 0.2) is 4.99 Å². The molecule has 1 heterocycles. The number of nitrogens with one attached hydrogen (secondary N) is 2. The predicted octanol–water partition coefficient (Wildman–Crippen LogP) is 2.46. The Hall–Kier alpha value is -0.770. The third-order valence-corrected chi connectivity index (χ3v) is 5.01. The van der Waals surface area contributed by atoms with Gasteiger partial charge in [0.25, 0.3) is 0 Å². The van der Waals surface area contributed by atoms with Gasteiger partial charge in [-0.15, -0.1) is 0 Å². The second-order valence-corrected chi connectivity index (χ2v) is 7.18. The van der Waals surface area contributed by atoms with E-state index in [0.29, 0.717) is 18.0 Å². The van der Waals surface area contributed by atoms with Crippen LogP contribution in [-0.4, -0.2) is 49.6 Å². The summed E-state index contributed by atoms with van der Waals surface area (Å²) in [5, 5.41) is 7.08. The van der Waals surface area contributed by atoms with Crippen LogP contribution in [0.1, 0.15) is 52.9 Å². The van der Waals surface area contributed by atoms with Gasteiger partial charge >= 0.3 is 0 Å². The molecule has 0 bridgehead atoms. The molecule has 0 aromatic heterocycles. The number of hydrogen-bond acceptors (Lipinski definition) is 2. The molecule has 4 nitrogen and oxygen atoms in total. The van der Waals surface area contributed by atoms with Gasteiger partial charge in [0.15, 0.2) is 5.96 Å². The van der Waals surface area contributed by atoms with Gasteiger partial charge in [0.05, 0.1) is 0 Å². The zero-order valence-electron chi connectivity index (χ0n) is 14.4. The highest BCUT2D eigenvalue weighted by atomic mass is 15.2. The molecule has 0 aromatic rings. The van der Waals surface area contributed by atoms with E-state index >= 15 is 0 Å². The summed E-state index contributed by atoms with van der Waals surface area (Å²) >= 11 is 0. The Bertz CT molecular complexity index is 332. The summed E-state index contributed by atoms with van der Waals surface area (Å²) in [6, 6.07) is 1.24. The normalized spacial score (nSPS) is 29.1. The number of aliphatic imine (C=N–C) groups is 1. The predicted molar refractivity (Wildman–Crippen MR) is 90.7 cm³/mol. The Balaban J connectivity index is 1.83. The minimum atomic E-state index is 0.610. The maximum atomic E-state index is 4.37. The van der Waals surface area contributed by atoms with E-state index in [-0.39, 0.29) is 0 Å². The van der Waals surface area contributed by atoms with Crippen molar-refractivity contribution >= 4 is 5.96 Å². The summed E-state index contributed by atoms with van der Waals surface area (Å²) in [5.74, 6) is 2.45. The molecule has 2 rings (SSSR count). The number of rotatable bonds is 5. The SMILES string of the molecule is CN=C(NCC(C(C)C)N1CCCCCC1)NC1CC1C. The van der Waals surface area contributed by atoms with Crippen molar-refractivity contribution in [2.24, 2.45) is 16.8 Å². The van der Waals surface area contributed by atoms with E-state index in [1.807, 2.05) is 7.05 Å². The quantitative estimate of drug-likeness (QED) is 0.604. The van der Waals surface area contributed by atoms with Gasteiger partial charge in [0.2, 0.25) is 0 Å². The van der Waals surface area contributed by atoms with Crippen molar-refractivity contribution in [3.63, 3.8) is 0 Å². The lowest BCUT2D eigenvalue weighted by Gasteiger charge is -2.34. The molecule has 0 aromatic carbocycles. The maximum Gasteiger partial charge on any atom is 0.191 e. The summed E-state index contributed by atoms with van der Waals surface area (Å²) in [5.41, 5.74) is 0. The molecule has 2 fully saturated rings. The van der Waals surface area contributed by atoms with E-state index in [4.69, 9.17) is 0 Å². The van der Waals surface area contributed by atoms with Crippen LogP contribution in [0.4, 0.5) is 0 Å². The largest absolute Gasteiger partial charge is 0.355 e. The topological polar surface area (TPSA) is 39.7 Å². The first-order chi connectivity index (χ1) is 10.1. The van der Waals surface area contributed by atoms with Crippen molar-refractivity contribution in [1.29, 1.82) is 0 Å². The summed E-state index contributed by atoms with van der Waals surface area (Å²) in [4.78, 5) is 7.07. The summed E-state index contributed by atoms with van der Waals surface area (Å²) in [6.45, 7) is 10.5. The monoisotopic (exact) mass is 294 g/mol. The number of nitrogens with zero attached hydrogens (tertiary/aromatic N) is 2. The average molecular weight is 294 g/mol. The van der Waals surface area contributed by atoms with E-state index < -0.39 is 0 Å². The molecular formula is C17H34N4. The van der Waals surface area contributed by atoms with E-state index in [2.05, 4.69) is 41.3 Å². The number of hydrogen-bond donors (Lipinski definition) is 2. The zero-order valence-corrected chi connectivity index (χ0v) is 14.4. The van der Waals surface area contributed by atoms with Crippen LogP contribution < -0.4 is 10.6 Å². The number of likely N-dealkylation sites (tertiary alicyclic amines) is 1. The highest BCUT2D eigenvalue weighted by Crippen LogP contribution is 2.28. The fourth-order valence-electron chi connectivity index (χ4n) is 3.31. The third kappa shape index (κ3) is 5.17. The van der Waals surface area contributed by atoms with Gasteiger partial charge in [-0.25, -0.2) is 0 Å². The zero-order chi connectivity index (χ0) is 15.2. The third-order valence-electron chi connectivity index (χ3n) is 5.01. The van der Waals surface area contributed by atoms with Crippen LogP contribution in [0, 0.1) is 11.8 Å². The fourth-order valence-corrected chi connectivity index (χ4v) is 3.31. The van der Waals surface area contributed by atoms with Crippen molar-refractivity contribution in [2.45, 2.75) is 65.0 Å². The molecular weight excluding hydrogens is 260 g/mol. The van der Waals surface area contributed by atoms with Crippen molar-refractivity contribution in [2.75, 3.05) is 26.7 Å². The fraction of sp³-hybridized carbons (Fsp3) is 0.941. The second-order valence-electron chi connectivity index (χ2n) is 7.18. The minimum absolute atomic E-state index is 0.610. The molecule has 3 unspecified atom stereocenters. The highest BCUT2D eigenvalue weighted by molar-refractivity contribution is 5.80. The Morgan fingerprint density at radius 3 is 2.29 bits per heavy atom. The van der Waals surface area contributed by atoms with Crippen LogP contribution in [0.3, 0.4) is 0 Å².